The van der Waals surface area contributed by atoms with Crippen molar-refractivity contribution >= 4 is 22.0 Å². The number of rotatable bonds is 9. The summed E-state index contributed by atoms with van der Waals surface area (Å²) in [6.45, 7) is 0.336. The van der Waals surface area contributed by atoms with Crippen LogP contribution in [0.15, 0.2) is 66.1 Å². The molecule has 2 aromatic carbocycles. The number of nitrogens with one attached hydrogen (secondary N) is 2. The van der Waals surface area contributed by atoms with Crippen molar-refractivity contribution in [2.45, 2.75) is 43.1 Å². The molecule has 4 rings (SSSR count). The van der Waals surface area contributed by atoms with Crippen molar-refractivity contribution in [1.82, 2.24) is 29.4 Å². The predicted molar refractivity (Wildman–Crippen MR) is 140 cm³/mol. The number of carbonyl (C=O) groups excluding carboxylic acids is 2. The van der Waals surface area contributed by atoms with Crippen LogP contribution in [0.5, 0.6) is 5.75 Å². The van der Waals surface area contributed by atoms with E-state index in [2.05, 4.69) is 25.7 Å². The Bertz CT molecular complexity index is 1520. The second-order valence-electron chi connectivity index (χ2n) is 9.36. The summed E-state index contributed by atoms with van der Waals surface area (Å²) < 4.78 is 98.4. The van der Waals surface area contributed by atoms with Gasteiger partial charge >= 0.3 is 12.4 Å². The van der Waals surface area contributed by atoms with E-state index < -0.39 is 63.9 Å². The first-order valence-corrected chi connectivity index (χ1v) is 14.2. The highest BCUT2D eigenvalue weighted by atomic mass is 32.2. The average molecular weight is 632 g/mol. The molecule has 1 fully saturated rings. The van der Waals surface area contributed by atoms with Gasteiger partial charge in [-0.2, -0.15) is 4.31 Å². The normalized spacial score (nSPS) is 16.5. The molecule has 43 heavy (non-hydrogen) atoms. The Morgan fingerprint density at radius 3 is 2.19 bits per heavy atom. The molecule has 0 bridgehead atoms. The van der Waals surface area contributed by atoms with Gasteiger partial charge in [0.1, 0.15) is 24.4 Å². The van der Waals surface area contributed by atoms with E-state index in [0.29, 0.717) is 5.56 Å². The van der Waals surface area contributed by atoms with Gasteiger partial charge in [-0.1, -0.05) is 31.2 Å². The zero-order valence-corrected chi connectivity index (χ0v) is 23.3. The average Bonchev–Trinajstić information content (AvgIpc) is 3.48. The highest BCUT2D eigenvalue weighted by Gasteiger charge is 2.41. The summed E-state index contributed by atoms with van der Waals surface area (Å²) in [4.78, 5) is 26.9. The lowest BCUT2D eigenvalue weighted by atomic mass is 10.0. The summed E-state index contributed by atoms with van der Waals surface area (Å²) in [5.74, 6) is -4.46. The third kappa shape index (κ3) is 7.75. The Hall–Kier alpha value is -4.32. The number of nitrogens with zero attached hydrogens (tertiary/aromatic N) is 5. The van der Waals surface area contributed by atoms with E-state index in [1.165, 1.54) is 48.7 Å². The number of hydrogen-bond acceptors (Lipinski definition) is 7. The van der Waals surface area contributed by atoms with Gasteiger partial charge < -0.3 is 15.0 Å². The maximum absolute atomic E-state index is 13.9. The molecule has 0 aliphatic carbocycles. The first-order valence-electron chi connectivity index (χ1n) is 12.7. The van der Waals surface area contributed by atoms with Crippen LogP contribution in [-0.2, 0) is 27.3 Å². The highest BCUT2D eigenvalue weighted by molar-refractivity contribution is 7.89. The Morgan fingerprint density at radius 1 is 0.977 bits per heavy atom. The fourth-order valence-electron chi connectivity index (χ4n) is 4.22. The Morgan fingerprint density at radius 2 is 1.60 bits per heavy atom. The van der Waals surface area contributed by atoms with Crippen molar-refractivity contribution in [2.75, 3.05) is 25.1 Å². The molecule has 0 spiro atoms. The Balaban J connectivity index is 1.54. The van der Waals surface area contributed by atoms with Crippen LogP contribution < -0.4 is 15.5 Å². The van der Waals surface area contributed by atoms with Crippen molar-refractivity contribution in [3.05, 3.63) is 72.3 Å². The lowest BCUT2D eigenvalue weighted by Crippen LogP contribution is -2.62. The molecule has 1 aliphatic heterocycles. The molecule has 3 aromatic rings. The van der Waals surface area contributed by atoms with Crippen LogP contribution >= 0.6 is 0 Å². The summed E-state index contributed by atoms with van der Waals surface area (Å²) >= 11 is 0. The van der Waals surface area contributed by atoms with Gasteiger partial charge in [0.2, 0.25) is 15.9 Å². The largest absolute Gasteiger partial charge is 0.573 e. The topological polar surface area (TPSA) is 139 Å². The fraction of sp³-hybridized carbons (Fsp3) is 0.360. The maximum Gasteiger partial charge on any atom is 0.573 e. The van der Waals surface area contributed by atoms with E-state index >= 15 is 0 Å². The molecular formula is C25H26F5N7O5S. The number of amides is 3. The van der Waals surface area contributed by atoms with Crippen LogP contribution in [0.2, 0.25) is 0 Å². The molecule has 18 heteroatoms. The summed E-state index contributed by atoms with van der Waals surface area (Å²) in [5.41, 5.74) is 2.71. The zero-order chi connectivity index (χ0) is 31.4. The van der Waals surface area contributed by atoms with Crippen LogP contribution in [0.25, 0.3) is 0 Å². The molecule has 1 atom stereocenters. The quantitative estimate of drug-likeness (QED) is 0.346. The van der Waals surface area contributed by atoms with E-state index in [-0.39, 0.29) is 25.2 Å². The van der Waals surface area contributed by atoms with Crippen molar-refractivity contribution in [2.24, 2.45) is 0 Å². The van der Waals surface area contributed by atoms with Crippen molar-refractivity contribution in [3.63, 3.8) is 0 Å². The van der Waals surface area contributed by atoms with Gasteiger partial charge in [-0.25, -0.2) is 32.1 Å². The second kappa shape index (κ2) is 12.5. The molecular weight excluding hydrogens is 605 g/mol. The molecule has 0 radical (unpaired) electrons. The Kier molecular flexibility index (Phi) is 9.19. The minimum absolute atomic E-state index is 0.140. The van der Waals surface area contributed by atoms with E-state index in [1.807, 2.05) is 0 Å². The summed E-state index contributed by atoms with van der Waals surface area (Å²) in [6.07, 6.45) is -2.97. The molecule has 2 N–H and O–H groups in total. The van der Waals surface area contributed by atoms with Crippen LogP contribution in [0.4, 0.5) is 26.7 Å². The standard InChI is InChI=1S/C25H26F5N7O5S/c1-2-24(26,27)18-5-3-17(4-6-18)13-31-22(38)21-14-35(23(39)34-36-15-32-33-16-36)11-12-37(21)43(40,41)20-9-7-19(8-10-20)42-25(28,29)30/h3-10,15-16,21H,2,11-14H2,1H3,(H,31,38)(H,34,39)/t21-/m1/s1. The van der Waals surface area contributed by atoms with Gasteiger partial charge in [0.05, 0.1) is 4.90 Å². The summed E-state index contributed by atoms with van der Waals surface area (Å²) in [5, 5.41) is 9.69. The minimum atomic E-state index is -4.98. The van der Waals surface area contributed by atoms with Gasteiger partial charge in [-0.15, -0.1) is 23.4 Å². The molecule has 232 valence electrons. The maximum atomic E-state index is 13.9. The number of piperazine rings is 1. The van der Waals surface area contributed by atoms with Crippen LogP contribution in [0, 0.1) is 0 Å². The molecule has 2 heterocycles. The van der Waals surface area contributed by atoms with Crippen molar-refractivity contribution in [3.8, 4) is 5.75 Å². The van der Waals surface area contributed by atoms with Gasteiger partial charge in [-0.3, -0.25) is 4.79 Å². The van der Waals surface area contributed by atoms with Gasteiger partial charge in [0.25, 0.3) is 5.92 Å². The number of sulfonamides is 1. The smallest absolute Gasteiger partial charge is 0.406 e. The van der Waals surface area contributed by atoms with Gasteiger partial charge in [0, 0.05) is 38.2 Å². The number of hydrogen-bond donors (Lipinski definition) is 2. The molecule has 12 nitrogen and oxygen atoms in total. The SMILES string of the molecule is CCC(F)(F)c1ccc(CNC(=O)[C@H]2CN(C(=O)Nn3cnnc3)CCN2S(=O)(=O)c2ccc(OC(F)(F)F)cc2)cc1. The lowest BCUT2D eigenvalue weighted by molar-refractivity contribution is -0.274. The van der Waals surface area contributed by atoms with E-state index in [0.717, 1.165) is 33.2 Å². The summed E-state index contributed by atoms with van der Waals surface area (Å²) in [7, 11) is -4.45. The van der Waals surface area contributed by atoms with Gasteiger partial charge in [0.15, 0.2) is 0 Å². The number of alkyl halides is 5. The first-order chi connectivity index (χ1) is 20.2. The second-order valence-corrected chi connectivity index (χ2v) is 11.2. The van der Waals surface area contributed by atoms with Crippen molar-refractivity contribution < 1.29 is 44.7 Å². The third-order valence-electron chi connectivity index (χ3n) is 6.52. The highest BCUT2D eigenvalue weighted by Crippen LogP contribution is 2.31. The molecule has 1 aromatic heterocycles. The number of urea groups is 1. The number of benzene rings is 2. The first kappa shape index (κ1) is 31.6. The molecule has 1 saturated heterocycles. The van der Waals surface area contributed by atoms with E-state index in [1.54, 1.807) is 0 Å². The Labute approximate surface area is 242 Å². The fourth-order valence-corrected chi connectivity index (χ4v) is 5.79. The predicted octanol–water partition coefficient (Wildman–Crippen LogP) is 3.03. The van der Waals surface area contributed by atoms with Crippen LogP contribution in [0.3, 0.4) is 0 Å². The lowest BCUT2D eigenvalue weighted by Gasteiger charge is -2.39. The van der Waals surface area contributed by atoms with Crippen LogP contribution in [0.1, 0.15) is 24.5 Å². The minimum Gasteiger partial charge on any atom is -0.406 e. The number of aromatic nitrogens is 3. The number of halogens is 5. The monoisotopic (exact) mass is 631 g/mol. The third-order valence-corrected chi connectivity index (χ3v) is 8.44. The van der Waals surface area contributed by atoms with Gasteiger partial charge in [-0.05, 0) is 29.8 Å². The molecule has 1 aliphatic rings. The molecule has 0 saturated carbocycles. The number of carbonyl (C=O) groups is 2. The van der Waals surface area contributed by atoms with Crippen LogP contribution in [-0.4, -0.2) is 76.5 Å². The van der Waals surface area contributed by atoms with E-state index in [4.69, 9.17) is 0 Å². The molecule has 0 unspecified atom stereocenters. The van der Waals surface area contributed by atoms with E-state index in [9.17, 15) is 40.0 Å². The molecule has 3 amide bonds. The summed E-state index contributed by atoms with van der Waals surface area (Å²) in [6, 6.07) is 6.58. The number of ether oxygens (including phenoxy) is 1. The van der Waals surface area contributed by atoms with Crippen molar-refractivity contribution in [1.29, 1.82) is 0 Å². The zero-order valence-electron chi connectivity index (χ0n) is 22.5.